The molecule has 0 aliphatic heterocycles. The van der Waals surface area contributed by atoms with Gasteiger partial charge in [-0.1, -0.05) is 15.9 Å². The van der Waals surface area contributed by atoms with Crippen LogP contribution < -0.4 is 16.0 Å². The number of halogens is 2. The van der Waals surface area contributed by atoms with Crippen molar-refractivity contribution >= 4 is 45.0 Å². The number of hydrogen-bond donors (Lipinski definition) is 3. The lowest BCUT2D eigenvalue weighted by atomic mass is 10.1. The lowest BCUT2D eigenvalue weighted by Gasteiger charge is -2.11. The minimum absolute atomic E-state index is 0.00998. The van der Waals surface area contributed by atoms with Crippen LogP contribution in [-0.2, 0) is 16.1 Å². The average Bonchev–Trinajstić information content (AvgIpc) is 2.53. The van der Waals surface area contributed by atoms with E-state index in [0.717, 1.165) is 0 Å². The number of benzene rings is 2. The van der Waals surface area contributed by atoms with Crippen molar-refractivity contribution in [2.24, 2.45) is 0 Å². The fourth-order valence-electron chi connectivity index (χ4n) is 2.27. The van der Waals surface area contributed by atoms with Gasteiger partial charge in [-0.2, -0.15) is 0 Å². The highest BCUT2D eigenvalue weighted by atomic mass is 79.9. The summed E-state index contributed by atoms with van der Waals surface area (Å²) in [6.45, 7) is 2.66. The number of rotatable bonds is 5. The molecule has 3 N–H and O–H groups in total. The molecule has 0 bridgehead atoms. The predicted octanol–water partition coefficient (Wildman–Crippen LogP) is 3.44. The third-order valence-corrected chi connectivity index (χ3v) is 3.78. The molecular weight excluding hydrogens is 405 g/mol. The molecule has 2 rings (SSSR count). The van der Waals surface area contributed by atoms with Crippen molar-refractivity contribution in [2.45, 2.75) is 20.4 Å². The molecule has 0 unspecified atom stereocenters. The van der Waals surface area contributed by atoms with E-state index in [-0.39, 0.29) is 23.9 Å². The van der Waals surface area contributed by atoms with Crippen LogP contribution in [0.1, 0.15) is 29.8 Å². The highest BCUT2D eigenvalue weighted by Crippen LogP contribution is 2.20. The molecule has 0 aliphatic carbocycles. The predicted molar refractivity (Wildman–Crippen MR) is 100 cm³/mol. The van der Waals surface area contributed by atoms with Crippen molar-refractivity contribution in [1.29, 1.82) is 0 Å². The first-order chi connectivity index (χ1) is 12.2. The summed E-state index contributed by atoms with van der Waals surface area (Å²) in [5.41, 5.74) is 1.27. The number of carbonyl (C=O) groups is 3. The Balaban J connectivity index is 2.21. The quantitative estimate of drug-likeness (QED) is 0.690. The summed E-state index contributed by atoms with van der Waals surface area (Å²) in [7, 11) is 0. The van der Waals surface area contributed by atoms with Crippen molar-refractivity contribution < 1.29 is 18.8 Å². The first-order valence-corrected chi connectivity index (χ1v) is 8.46. The van der Waals surface area contributed by atoms with Crippen LogP contribution in [0.2, 0.25) is 0 Å². The zero-order chi connectivity index (χ0) is 19.3. The van der Waals surface area contributed by atoms with E-state index < -0.39 is 11.7 Å². The van der Waals surface area contributed by atoms with Gasteiger partial charge in [0.05, 0.1) is 0 Å². The Morgan fingerprint density at radius 1 is 0.962 bits per heavy atom. The van der Waals surface area contributed by atoms with Gasteiger partial charge in [0, 0.05) is 47.4 Å². The standard InChI is InChI=1S/C18H17BrFN3O3/c1-10(24)22-15-6-12(7-16(8-15)23-11(2)25)18(26)21-9-13-5-14(19)3-4-17(13)20/h3-8H,9H2,1-2H3,(H,21,26)(H,22,24)(H,23,25). The molecule has 0 saturated heterocycles. The highest BCUT2D eigenvalue weighted by molar-refractivity contribution is 9.10. The van der Waals surface area contributed by atoms with E-state index in [1.54, 1.807) is 12.1 Å². The lowest BCUT2D eigenvalue weighted by Crippen LogP contribution is -2.24. The van der Waals surface area contributed by atoms with E-state index in [1.807, 2.05) is 0 Å². The summed E-state index contributed by atoms with van der Waals surface area (Å²) in [4.78, 5) is 34.9. The first kappa shape index (κ1) is 19.6. The second-order valence-electron chi connectivity index (χ2n) is 5.58. The second kappa shape index (κ2) is 8.57. The minimum Gasteiger partial charge on any atom is -0.348 e. The summed E-state index contributed by atoms with van der Waals surface area (Å²) >= 11 is 3.25. The number of carbonyl (C=O) groups excluding carboxylic acids is 3. The number of nitrogens with one attached hydrogen (secondary N) is 3. The van der Waals surface area contributed by atoms with Gasteiger partial charge < -0.3 is 16.0 Å². The van der Waals surface area contributed by atoms with Crippen LogP contribution >= 0.6 is 15.9 Å². The molecule has 3 amide bonds. The Labute approximate surface area is 158 Å². The third-order valence-electron chi connectivity index (χ3n) is 3.28. The van der Waals surface area contributed by atoms with Crippen molar-refractivity contribution in [3.05, 3.63) is 57.8 Å². The lowest BCUT2D eigenvalue weighted by molar-refractivity contribution is -0.115. The van der Waals surface area contributed by atoms with Crippen molar-refractivity contribution in [3.8, 4) is 0 Å². The van der Waals surface area contributed by atoms with Crippen LogP contribution in [-0.4, -0.2) is 17.7 Å². The molecule has 2 aromatic carbocycles. The number of anilines is 2. The zero-order valence-electron chi connectivity index (χ0n) is 14.2. The van der Waals surface area contributed by atoms with Crippen LogP contribution in [0.25, 0.3) is 0 Å². The molecule has 0 fully saturated rings. The Bertz CT molecular complexity index is 837. The molecule has 2 aromatic rings. The van der Waals surface area contributed by atoms with Gasteiger partial charge in [0.15, 0.2) is 0 Å². The molecule has 26 heavy (non-hydrogen) atoms. The Hall–Kier alpha value is -2.74. The first-order valence-electron chi connectivity index (χ1n) is 7.67. The van der Waals surface area contributed by atoms with E-state index in [2.05, 4.69) is 31.9 Å². The van der Waals surface area contributed by atoms with Gasteiger partial charge in [-0.15, -0.1) is 0 Å². The SMILES string of the molecule is CC(=O)Nc1cc(NC(C)=O)cc(C(=O)NCc2cc(Br)ccc2F)c1. The number of amides is 3. The minimum atomic E-state index is -0.469. The van der Waals surface area contributed by atoms with Crippen molar-refractivity contribution in [2.75, 3.05) is 10.6 Å². The van der Waals surface area contributed by atoms with Crippen LogP contribution in [0.15, 0.2) is 40.9 Å². The Morgan fingerprint density at radius 2 is 1.54 bits per heavy atom. The van der Waals surface area contributed by atoms with E-state index in [9.17, 15) is 18.8 Å². The van der Waals surface area contributed by atoms with Crippen LogP contribution in [0, 0.1) is 5.82 Å². The van der Waals surface area contributed by atoms with E-state index in [0.29, 0.717) is 21.4 Å². The van der Waals surface area contributed by atoms with Gasteiger partial charge in [0.2, 0.25) is 11.8 Å². The summed E-state index contributed by atoms with van der Waals surface area (Å²) in [5, 5.41) is 7.75. The zero-order valence-corrected chi connectivity index (χ0v) is 15.7. The summed E-state index contributed by atoms with van der Waals surface area (Å²) in [6, 6.07) is 8.92. The normalized spacial score (nSPS) is 10.2. The van der Waals surface area contributed by atoms with Crippen molar-refractivity contribution in [3.63, 3.8) is 0 Å². The van der Waals surface area contributed by atoms with Gasteiger partial charge in [-0.3, -0.25) is 14.4 Å². The number of hydrogen-bond acceptors (Lipinski definition) is 3. The molecule has 0 aromatic heterocycles. The molecule has 0 radical (unpaired) electrons. The van der Waals surface area contributed by atoms with E-state index >= 15 is 0 Å². The van der Waals surface area contributed by atoms with Crippen molar-refractivity contribution in [1.82, 2.24) is 5.32 Å². The summed E-state index contributed by atoms with van der Waals surface area (Å²) in [5.74, 6) is -1.53. The molecule has 0 aliphatic rings. The smallest absolute Gasteiger partial charge is 0.251 e. The molecule has 8 heteroatoms. The molecule has 0 heterocycles. The fourth-order valence-corrected chi connectivity index (χ4v) is 2.67. The molecule has 0 spiro atoms. The highest BCUT2D eigenvalue weighted by Gasteiger charge is 2.12. The molecule has 6 nitrogen and oxygen atoms in total. The maximum Gasteiger partial charge on any atom is 0.251 e. The maximum atomic E-state index is 13.8. The fraction of sp³-hybridized carbons (Fsp3) is 0.167. The average molecular weight is 422 g/mol. The topological polar surface area (TPSA) is 87.3 Å². The van der Waals surface area contributed by atoms with E-state index in [4.69, 9.17) is 0 Å². The summed E-state index contributed by atoms with van der Waals surface area (Å²) in [6.07, 6.45) is 0. The van der Waals surface area contributed by atoms with Crippen LogP contribution in [0.5, 0.6) is 0 Å². The van der Waals surface area contributed by atoms with E-state index in [1.165, 1.54) is 38.1 Å². The van der Waals surface area contributed by atoms with Gasteiger partial charge >= 0.3 is 0 Å². The van der Waals surface area contributed by atoms with Crippen LogP contribution in [0.3, 0.4) is 0 Å². The molecular formula is C18H17BrFN3O3. The second-order valence-corrected chi connectivity index (χ2v) is 6.50. The molecule has 136 valence electrons. The monoisotopic (exact) mass is 421 g/mol. The molecule has 0 saturated carbocycles. The molecule has 0 atom stereocenters. The van der Waals surface area contributed by atoms with Gasteiger partial charge in [-0.25, -0.2) is 4.39 Å². The van der Waals surface area contributed by atoms with Gasteiger partial charge in [0.25, 0.3) is 5.91 Å². The Kier molecular flexibility index (Phi) is 6.46. The van der Waals surface area contributed by atoms with Gasteiger partial charge in [0.1, 0.15) is 5.82 Å². The summed E-state index contributed by atoms with van der Waals surface area (Å²) < 4.78 is 14.5. The maximum absolute atomic E-state index is 13.8. The third kappa shape index (κ3) is 5.66. The Morgan fingerprint density at radius 3 is 2.08 bits per heavy atom. The largest absolute Gasteiger partial charge is 0.348 e. The van der Waals surface area contributed by atoms with Gasteiger partial charge in [-0.05, 0) is 36.4 Å². The van der Waals surface area contributed by atoms with Crippen LogP contribution in [0.4, 0.5) is 15.8 Å².